The average molecular weight is 408 g/mol. The molecule has 1 unspecified atom stereocenters. The lowest BCUT2D eigenvalue weighted by Crippen LogP contribution is -2.32. The lowest BCUT2D eigenvalue weighted by atomic mass is 9.92. The highest BCUT2D eigenvalue weighted by Gasteiger charge is 2.34. The van der Waals surface area contributed by atoms with Gasteiger partial charge in [0.15, 0.2) is 0 Å². The molecule has 0 aliphatic heterocycles. The molecule has 0 radical (unpaired) electrons. The summed E-state index contributed by atoms with van der Waals surface area (Å²) in [5, 5.41) is 4.06. The number of nitrogens with one attached hydrogen (secondary N) is 1. The molecule has 0 spiro atoms. The molecule has 1 aliphatic carbocycles. The summed E-state index contributed by atoms with van der Waals surface area (Å²) in [4.78, 5) is -0.360. The van der Waals surface area contributed by atoms with Crippen molar-refractivity contribution in [3.05, 3.63) is 65.4 Å². The molecule has 4 rings (SSSR count). The van der Waals surface area contributed by atoms with Crippen molar-refractivity contribution in [3.63, 3.8) is 0 Å². The molecule has 1 N–H and O–H groups in total. The molecule has 0 bridgehead atoms. The number of nitrogens with zero attached hydrogens (tertiary/aromatic N) is 1. The minimum atomic E-state index is -4.61. The number of hydrogen-bond donors (Lipinski definition) is 1. The van der Waals surface area contributed by atoms with Crippen molar-refractivity contribution in [1.29, 1.82) is 0 Å². The van der Waals surface area contributed by atoms with Gasteiger partial charge in [0.1, 0.15) is 0 Å². The zero-order chi connectivity index (χ0) is 20.1. The Labute approximate surface area is 161 Å². The van der Waals surface area contributed by atoms with Crippen molar-refractivity contribution in [2.24, 2.45) is 0 Å². The molecule has 1 heterocycles. The van der Waals surface area contributed by atoms with E-state index in [2.05, 4.69) is 5.32 Å². The third kappa shape index (κ3) is 3.00. The van der Waals surface area contributed by atoms with Gasteiger partial charge in [-0.3, -0.25) is 0 Å². The number of aromatic nitrogens is 1. The van der Waals surface area contributed by atoms with Crippen LogP contribution in [0.2, 0.25) is 0 Å². The number of alkyl halides is 3. The standard InChI is InChI=1S/C20H19F3N2O2S/c1-24-14-9-10-19-17(12-14)16-7-2-3-8-18(16)25(19)28(26,27)15-6-4-5-13(11-15)20(21,22)23/h2-8,11,14,24H,9-10,12H2,1H3. The van der Waals surface area contributed by atoms with Gasteiger partial charge < -0.3 is 5.32 Å². The molecule has 3 aromatic rings. The van der Waals surface area contributed by atoms with Gasteiger partial charge in [-0.05, 0) is 56.1 Å². The van der Waals surface area contributed by atoms with Crippen LogP contribution < -0.4 is 5.32 Å². The predicted octanol–water partition coefficient (Wildman–Crippen LogP) is 3.97. The van der Waals surface area contributed by atoms with Gasteiger partial charge in [-0.15, -0.1) is 0 Å². The Hall–Kier alpha value is -2.32. The maximum atomic E-state index is 13.4. The molecule has 8 heteroatoms. The summed E-state index contributed by atoms with van der Waals surface area (Å²) in [6.07, 6.45) is -2.63. The lowest BCUT2D eigenvalue weighted by molar-refractivity contribution is -0.137. The quantitative estimate of drug-likeness (QED) is 0.714. The number of likely N-dealkylation sites (N-methyl/N-ethyl adjacent to an activating group) is 1. The first-order chi connectivity index (χ1) is 13.2. The molecule has 0 saturated carbocycles. The van der Waals surface area contributed by atoms with Crippen LogP contribution in [0, 0.1) is 0 Å². The molecule has 0 amide bonds. The molecule has 28 heavy (non-hydrogen) atoms. The highest BCUT2D eigenvalue weighted by atomic mass is 32.2. The Morgan fingerprint density at radius 2 is 1.86 bits per heavy atom. The summed E-state index contributed by atoms with van der Waals surface area (Å²) in [5.74, 6) is 0. The fourth-order valence-electron chi connectivity index (χ4n) is 3.93. The second kappa shape index (κ2) is 6.63. The van der Waals surface area contributed by atoms with E-state index in [4.69, 9.17) is 0 Å². The van der Waals surface area contributed by atoms with Crippen LogP contribution >= 0.6 is 0 Å². The largest absolute Gasteiger partial charge is 0.416 e. The minimum Gasteiger partial charge on any atom is -0.317 e. The maximum Gasteiger partial charge on any atom is 0.416 e. The molecular weight excluding hydrogens is 389 g/mol. The van der Waals surface area contributed by atoms with E-state index in [1.165, 1.54) is 10.0 Å². The van der Waals surface area contributed by atoms with Crippen molar-refractivity contribution >= 4 is 20.9 Å². The summed E-state index contributed by atoms with van der Waals surface area (Å²) >= 11 is 0. The first-order valence-corrected chi connectivity index (χ1v) is 10.4. The van der Waals surface area contributed by atoms with Gasteiger partial charge in [-0.1, -0.05) is 24.3 Å². The van der Waals surface area contributed by atoms with Crippen LogP contribution in [-0.4, -0.2) is 25.5 Å². The molecule has 1 atom stereocenters. The smallest absolute Gasteiger partial charge is 0.317 e. The molecular formula is C20H19F3N2O2S. The summed E-state index contributed by atoms with van der Waals surface area (Å²) in [6, 6.07) is 11.3. The van der Waals surface area contributed by atoms with Crippen molar-refractivity contribution in [2.75, 3.05) is 7.05 Å². The normalized spacial score (nSPS) is 17.6. The van der Waals surface area contributed by atoms with Gasteiger partial charge in [-0.2, -0.15) is 13.2 Å². The molecule has 148 valence electrons. The molecule has 1 aromatic heterocycles. The van der Waals surface area contributed by atoms with E-state index in [1.807, 2.05) is 19.2 Å². The van der Waals surface area contributed by atoms with E-state index in [0.29, 0.717) is 30.1 Å². The fourth-order valence-corrected chi connectivity index (χ4v) is 5.58. The Bertz CT molecular complexity index is 1150. The van der Waals surface area contributed by atoms with Crippen LogP contribution in [0.25, 0.3) is 10.9 Å². The van der Waals surface area contributed by atoms with Crippen molar-refractivity contribution < 1.29 is 21.6 Å². The van der Waals surface area contributed by atoms with Crippen LogP contribution in [0.4, 0.5) is 13.2 Å². The fraction of sp³-hybridized carbons (Fsp3) is 0.300. The maximum absolute atomic E-state index is 13.4. The van der Waals surface area contributed by atoms with E-state index in [-0.39, 0.29) is 10.9 Å². The third-order valence-corrected chi connectivity index (χ3v) is 7.08. The Kier molecular flexibility index (Phi) is 4.50. The van der Waals surface area contributed by atoms with E-state index in [0.717, 1.165) is 29.5 Å². The Balaban J connectivity index is 1.95. The van der Waals surface area contributed by atoms with Gasteiger partial charge in [0, 0.05) is 17.1 Å². The minimum absolute atomic E-state index is 0.239. The van der Waals surface area contributed by atoms with Crippen molar-refractivity contribution in [1.82, 2.24) is 9.29 Å². The number of fused-ring (bicyclic) bond motifs is 3. The second-order valence-electron chi connectivity index (χ2n) is 6.97. The van der Waals surface area contributed by atoms with Gasteiger partial charge in [0.2, 0.25) is 0 Å². The Morgan fingerprint density at radius 3 is 2.57 bits per heavy atom. The second-order valence-corrected chi connectivity index (χ2v) is 8.75. The average Bonchev–Trinajstić information content (AvgIpc) is 3.01. The number of halogens is 3. The summed E-state index contributed by atoms with van der Waals surface area (Å²) < 4.78 is 67.3. The highest BCUT2D eigenvalue weighted by molar-refractivity contribution is 7.90. The van der Waals surface area contributed by atoms with E-state index in [9.17, 15) is 21.6 Å². The summed E-state index contributed by atoms with van der Waals surface area (Å²) in [5.41, 5.74) is 1.12. The van der Waals surface area contributed by atoms with Gasteiger partial charge in [0.05, 0.1) is 16.0 Å². The SMILES string of the molecule is CNC1CCc2c(c3ccccc3n2S(=O)(=O)c2cccc(C(F)(F)F)c2)C1. The first-order valence-electron chi connectivity index (χ1n) is 8.95. The van der Waals surface area contributed by atoms with Crippen LogP contribution in [0.5, 0.6) is 0 Å². The zero-order valence-electron chi connectivity index (χ0n) is 15.1. The monoisotopic (exact) mass is 408 g/mol. The lowest BCUT2D eigenvalue weighted by Gasteiger charge is -2.23. The van der Waals surface area contributed by atoms with Crippen LogP contribution in [0.15, 0.2) is 53.4 Å². The van der Waals surface area contributed by atoms with E-state index in [1.54, 1.807) is 12.1 Å². The zero-order valence-corrected chi connectivity index (χ0v) is 15.9. The van der Waals surface area contributed by atoms with Crippen molar-refractivity contribution in [3.8, 4) is 0 Å². The molecule has 4 nitrogen and oxygen atoms in total. The van der Waals surface area contributed by atoms with Crippen molar-refractivity contribution in [2.45, 2.75) is 36.4 Å². The number of benzene rings is 2. The van der Waals surface area contributed by atoms with Crippen LogP contribution in [0.3, 0.4) is 0 Å². The van der Waals surface area contributed by atoms with Gasteiger partial charge in [0.25, 0.3) is 10.0 Å². The van der Waals surface area contributed by atoms with Crippen LogP contribution in [-0.2, 0) is 29.0 Å². The third-order valence-electron chi connectivity index (χ3n) is 5.33. The number of hydrogen-bond acceptors (Lipinski definition) is 3. The summed E-state index contributed by atoms with van der Waals surface area (Å²) in [7, 11) is -2.31. The molecule has 1 aliphatic rings. The van der Waals surface area contributed by atoms with Crippen LogP contribution in [0.1, 0.15) is 23.2 Å². The highest BCUT2D eigenvalue weighted by Crippen LogP contribution is 2.36. The van der Waals surface area contributed by atoms with E-state index < -0.39 is 21.8 Å². The predicted molar refractivity (Wildman–Crippen MR) is 101 cm³/mol. The molecule has 2 aromatic carbocycles. The Morgan fingerprint density at radius 1 is 1.11 bits per heavy atom. The molecule has 0 saturated heterocycles. The number of rotatable bonds is 3. The van der Waals surface area contributed by atoms with Gasteiger partial charge in [-0.25, -0.2) is 12.4 Å². The first kappa shape index (κ1) is 19.0. The topological polar surface area (TPSA) is 51.1 Å². The van der Waals surface area contributed by atoms with E-state index >= 15 is 0 Å². The summed E-state index contributed by atoms with van der Waals surface area (Å²) in [6.45, 7) is 0. The van der Waals surface area contributed by atoms with Gasteiger partial charge >= 0.3 is 6.18 Å². The number of para-hydroxylation sites is 1. The molecule has 0 fully saturated rings.